The highest BCUT2D eigenvalue weighted by molar-refractivity contribution is 5.10. The SMILES string of the molecule is CCOC(CC1C=CC=CC1)OCC. The molecule has 14 heavy (non-hydrogen) atoms. The van der Waals surface area contributed by atoms with E-state index in [2.05, 4.69) is 24.3 Å². The van der Waals surface area contributed by atoms with Gasteiger partial charge in [0.1, 0.15) is 0 Å². The van der Waals surface area contributed by atoms with Gasteiger partial charge in [-0.25, -0.2) is 0 Å². The van der Waals surface area contributed by atoms with Gasteiger partial charge in [0.15, 0.2) is 6.29 Å². The minimum Gasteiger partial charge on any atom is -0.353 e. The summed E-state index contributed by atoms with van der Waals surface area (Å²) < 4.78 is 11.0. The molecule has 0 bridgehead atoms. The Morgan fingerprint density at radius 3 is 2.43 bits per heavy atom. The highest BCUT2D eigenvalue weighted by Gasteiger charge is 2.14. The predicted molar refractivity (Wildman–Crippen MR) is 58.0 cm³/mol. The Labute approximate surface area is 86.6 Å². The van der Waals surface area contributed by atoms with Crippen molar-refractivity contribution in [3.05, 3.63) is 24.3 Å². The quantitative estimate of drug-likeness (QED) is 0.608. The van der Waals surface area contributed by atoms with Crippen LogP contribution in [0.25, 0.3) is 0 Å². The van der Waals surface area contributed by atoms with Crippen LogP contribution in [0.2, 0.25) is 0 Å². The third-order valence-electron chi connectivity index (χ3n) is 2.27. The zero-order valence-electron chi connectivity index (χ0n) is 9.11. The van der Waals surface area contributed by atoms with E-state index >= 15 is 0 Å². The van der Waals surface area contributed by atoms with Gasteiger partial charge >= 0.3 is 0 Å². The first-order valence-electron chi connectivity index (χ1n) is 5.43. The van der Waals surface area contributed by atoms with Crippen LogP contribution >= 0.6 is 0 Å². The van der Waals surface area contributed by atoms with Crippen molar-refractivity contribution < 1.29 is 9.47 Å². The second-order valence-electron chi connectivity index (χ2n) is 3.38. The van der Waals surface area contributed by atoms with Gasteiger partial charge in [-0.15, -0.1) is 0 Å². The lowest BCUT2D eigenvalue weighted by Gasteiger charge is -2.21. The third-order valence-corrected chi connectivity index (χ3v) is 2.27. The molecule has 0 fully saturated rings. The molecule has 0 amide bonds. The molecule has 0 saturated carbocycles. The Morgan fingerprint density at radius 1 is 1.21 bits per heavy atom. The number of hydrogen-bond donors (Lipinski definition) is 0. The molecule has 0 aromatic carbocycles. The molecule has 2 heteroatoms. The summed E-state index contributed by atoms with van der Waals surface area (Å²) in [5, 5.41) is 0. The number of ether oxygens (including phenoxy) is 2. The largest absolute Gasteiger partial charge is 0.353 e. The van der Waals surface area contributed by atoms with Crippen molar-refractivity contribution in [2.75, 3.05) is 13.2 Å². The summed E-state index contributed by atoms with van der Waals surface area (Å²) in [6.45, 7) is 5.44. The van der Waals surface area contributed by atoms with Crippen LogP contribution in [0, 0.1) is 5.92 Å². The second kappa shape index (κ2) is 6.80. The van der Waals surface area contributed by atoms with Gasteiger partial charge in [-0.1, -0.05) is 24.3 Å². The van der Waals surface area contributed by atoms with E-state index in [4.69, 9.17) is 9.47 Å². The molecule has 0 aromatic heterocycles. The van der Waals surface area contributed by atoms with E-state index in [1.807, 2.05) is 13.8 Å². The molecule has 1 aliphatic rings. The van der Waals surface area contributed by atoms with E-state index in [9.17, 15) is 0 Å². The van der Waals surface area contributed by atoms with Crippen molar-refractivity contribution in [1.29, 1.82) is 0 Å². The van der Waals surface area contributed by atoms with Gasteiger partial charge in [0.05, 0.1) is 0 Å². The lowest BCUT2D eigenvalue weighted by molar-refractivity contribution is -0.143. The predicted octanol–water partition coefficient (Wildman–Crippen LogP) is 2.91. The van der Waals surface area contributed by atoms with E-state index in [0.29, 0.717) is 5.92 Å². The standard InChI is InChI=1S/C12H20O2/c1-3-13-12(14-4-2)10-11-8-6-5-7-9-11/h5-8,11-12H,3-4,9-10H2,1-2H3. The Hall–Kier alpha value is -0.600. The Kier molecular flexibility index (Phi) is 5.57. The van der Waals surface area contributed by atoms with Gasteiger partial charge in [0.25, 0.3) is 0 Å². The van der Waals surface area contributed by atoms with Crippen LogP contribution in [-0.4, -0.2) is 19.5 Å². The molecule has 1 aliphatic carbocycles. The van der Waals surface area contributed by atoms with Gasteiger partial charge in [-0.3, -0.25) is 0 Å². The molecule has 1 unspecified atom stereocenters. The average Bonchev–Trinajstić information content (AvgIpc) is 2.20. The van der Waals surface area contributed by atoms with E-state index in [-0.39, 0.29) is 6.29 Å². The smallest absolute Gasteiger partial charge is 0.158 e. The fourth-order valence-electron chi connectivity index (χ4n) is 1.61. The summed E-state index contributed by atoms with van der Waals surface area (Å²) >= 11 is 0. The first-order chi connectivity index (χ1) is 6.86. The first kappa shape index (κ1) is 11.5. The number of rotatable bonds is 6. The van der Waals surface area contributed by atoms with E-state index in [0.717, 1.165) is 26.1 Å². The average molecular weight is 196 g/mol. The highest BCUT2D eigenvalue weighted by atomic mass is 16.7. The third kappa shape index (κ3) is 4.07. The number of hydrogen-bond acceptors (Lipinski definition) is 2. The molecule has 80 valence electrons. The van der Waals surface area contributed by atoms with Gasteiger partial charge in [-0.05, 0) is 26.2 Å². The van der Waals surface area contributed by atoms with Crippen LogP contribution in [0.1, 0.15) is 26.7 Å². The maximum Gasteiger partial charge on any atom is 0.158 e. The van der Waals surface area contributed by atoms with Crippen LogP contribution in [0.15, 0.2) is 24.3 Å². The normalized spacial score (nSPS) is 20.6. The van der Waals surface area contributed by atoms with Gasteiger partial charge < -0.3 is 9.47 Å². The fraction of sp³-hybridized carbons (Fsp3) is 0.667. The zero-order valence-corrected chi connectivity index (χ0v) is 9.11. The Balaban J connectivity index is 2.30. The molecule has 1 atom stereocenters. The van der Waals surface area contributed by atoms with Crippen LogP contribution in [0.4, 0.5) is 0 Å². The molecule has 0 aliphatic heterocycles. The molecule has 0 heterocycles. The lowest BCUT2D eigenvalue weighted by Crippen LogP contribution is -2.20. The fourth-order valence-corrected chi connectivity index (χ4v) is 1.61. The molecule has 0 aromatic rings. The molecule has 1 rings (SSSR count). The van der Waals surface area contributed by atoms with Gasteiger partial charge in [0.2, 0.25) is 0 Å². The minimum atomic E-state index is -0.0360. The zero-order chi connectivity index (χ0) is 10.2. The van der Waals surface area contributed by atoms with Crippen LogP contribution in [0.5, 0.6) is 0 Å². The lowest BCUT2D eigenvalue weighted by atomic mass is 9.97. The van der Waals surface area contributed by atoms with Crippen molar-refractivity contribution in [3.63, 3.8) is 0 Å². The summed E-state index contributed by atoms with van der Waals surface area (Å²) in [4.78, 5) is 0. The second-order valence-corrected chi connectivity index (χ2v) is 3.38. The van der Waals surface area contributed by atoms with Crippen LogP contribution < -0.4 is 0 Å². The van der Waals surface area contributed by atoms with Crippen molar-refractivity contribution in [2.24, 2.45) is 5.92 Å². The maximum absolute atomic E-state index is 5.50. The van der Waals surface area contributed by atoms with Crippen LogP contribution in [0.3, 0.4) is 0 Å². The first-order valence-corrected chi connectivity index (χ1v) is 5.43. The molecular formula is C12H20O2. The van der Waals surface area contributed by atoms with Crippen LogP contribution in [-0.2, 0) is 9.47 Å². The van der Waals surface area contributed by atoms with E-state index in [1.165, 1.54) is 0 Å². The van der Waals surface area contributed by atoms with Gasteiger partial charge in [0, 0.05) is 19.6 Å². The summed E-state index contributed by atoms with van der Waals surface area (Å²) in [5.41, 5.74) is 0. The molecule has 0 N–H and O–H groups in total. The summed E-state index contributed by atoms with van der Waals surface area (Å²) in [5.74, 6) is 0.572. The molecule has 2 nitrogen and oxygen atoms in total. The molecule has 0 spiro atoms. The van der Waals surface area contributed by atoms with Crippen molar-refractivity contribution in [2.45, 2.75) is 33.0 Å². The van der Waals surface area contributed by atoms with E-state index in [1.54, 1.807) is 0 Å². The van der Waals surface area contributed by atoms with Crippen molar-refractivity contribution in [3.8, 4) is 0 Å². The van der Waals surface area contributed by atoms with E-state index < -0.39 is 0 Å². The summed E-state index contributed by atoms with van der Waals surface area (Å²) in [6, 6.07) is 0. The van der Waals surface area contributed by atoms with Crippen molar-refractivity contribution >= 4 is 0 Å². The molecular weight excluding hydrogens is 176 g/mol. The minimum absolute atomic E-state index is 0.0360. The van der Waals surface area contributed by atoms with Gasteiger partial charge in [-0.2, -0.15) is 0 Å². The number of allylic oxidation sites excluding steroid dienone is 4. The molecule has 0 radical (unpaired) electrons. The maximum atomic E-state index is 5.50. The van der Waals surface area contributed by atoms with Crippen molar-refractivity contribution in [1.82, 2.24) is 0 Å². The monoisotopic (exact) mass is 196 g/mol. The Morgan fingerprint density at radius 2 is 1.93 bits per heavy atom. The summed E-state index contributed by atoms with van der Waals surface area (Å²) in [6.07, 6.45) is 10.6. The highest BCUT2D eigenvalue weighted by Crippen LogP contribution is 2.19. The Bertz CT molecular complexity index is 190. The topological polar surface area (TPSA) is 18.5 Å². The molecule has 0 saturated heterocycles. The summed E-state index contributed by atoms with van der Waals surface area (Å²) in [7, 11) is 0.